The van der Waals surface area contributed by atoms with Crippen molar-refractivity contribution < 1.29 is 14.3 Å². The van der Waals surface area contributed by atoms with E-state index in [9.17, 15) is 4.79 Å². The van der Waals surface area contributed by atoms with Crippen LogP contribution in [0, 0.1) is 0 Å². The van der Waals surface area contributed by atoms with Gasteiger partial charge in [-0.05, 0) is 24.6 Å². The van der Waals surface area contributed by atoms with Crippen molar-refractivity contribution in [2.24, 2.45) is 0 Å². The van der Waals surface area contributed by atoms with Crippen LogP contribution in [0.1, 0.15) is 24.5 Å². The molecule has 3 heteroatoms. The highest BCUT2D eigenvalue weighted by molar-refractivity contribution is 5.87. The van der Waals surface area contributed by atoms with E-state index in [1.807, 2.05) is 24.3 Å². The number of esters is 1. The van der Waals surface area contributed by atoms with Crippen LogP contribution >= 0.6 is 0 Å². The Morgan fingerprint density at radius 1 is 1.58 bits per heavy atom. The van der Waals surface area contributed by atoms with Gasteiger partial charge in [0.2, 0.25) is 0 Å². The standard InChI is InChI=1S/C16H18O3/c1-3-6-13-11-14-12(7-5-8-15(14)19-13)9-10-16(17)18-4-2/h3,5,7-10,13H,1,4,6,11H2,2H3/b10-9+/t13-/m1/s1. The van der Waals surface area contributed by atoms with E-state index in [2.05, 4.69) is 6.58 Å². The van der Waals surface area contributed by atoms with Gasteiger partial charge in [0.05, 0.1) is 6.61 Å². The summed E-state index contributed by atoms with van der Waals surface area (Å²) in [5, 5.41) is 0. The summed E-state index contributed by atoms with van der Waals surface area (Å²) >= 11 is 0. The van der Waals surface area contributed by atoms with Crippen molar-refractivity contribution >= 4 is 12.0 Å². The number of rotatable bonds is 5. The largest absolute Gasteiger partial charge is 0.489 e. The van der Waals surface area contributed by atoms with Crippen LogP contribution in [0.2, 0.25) is 0 Å². The van der Waals surface area contributed by atoms with Gasteiger partial charge in [0.1, 0.15) is 11.9 Å². The molecule has 0 amide bonds. The quantitative estimate of drug-likeness (QED) is 0.462. The molecule has 0 N–H and O–H groups in total. The third kappa shape index (κ3) is 3.25. The van der Waals surface area contributed by atoms with E-state index in [1.165, 1.54) is 6.08 Å². The van der Waals surface area contributed by atoms with Crippen molar-refractivity contribution in [3.05, 3.63) is 48.1 Å². The first-order valence-corrected chi connectivity index (χ1v) is 6.49. The van der Waals surface area contributed by atoms with Crippen LogP contribution in [0.3, 0.4) is 0 Å². The molecule has 1 aliphatic heterocycles. The van der Waals surface area contributed by atoms with Crippen LogP contribution in [-0.2, 0) is 16.0 Å². The predicted octanol–water partition coefficient (Wildman–Crippen LogP) is 3.14. The molecule has 0 bridgehead atoms. The van der Waals surface area contributed by atoms with Gasteiger partial charge in [-0.2, -0.15) is 0 Å². The fourth-order valence-electron chi connectivity index (χ4n) is 2.18. The van der Waals surface area contributed by atoms with Gasteiger partial charge in [-0.15, -0.1) is 6.58 Å². The monoisotopic (exact) mass is 258 g/mol. The summed E-state index contributed by atoms with van der Waals surface area (Å²) in [7, 11) is 0. The Morgan fingerprint density at radius 3 is 3.16 bits per heavy atom. The molecule has 2 rings (SSSR count). The minimum Gasteiger partial charge on any atom is -0.489 e. The lowest BCUT2D eigenvalue weighted by Gasteiger charge is -2.06. The van der Waals surface area contributed by atoms with Gasteiger partial charge in [0.25, 0.3) is 0 Å². The first-order valence-electron chi connectivity index (χ1n) is 6.49. The number of carbonyl (C=O) groups excluding carboxylic acids is 1. The van der Waals surface area contributed by atoms with Crippen molar-refractivity contribution in [3.63, 3.8) is 0 Å². The van der Waals surface area contributed by atoms with Gasteiger partial charge in [-0.1, -0.05) is 18.2 Å². The molecule has 0 radical (unpaired) electrons. The predicted molar refractivity (Wildman–Crippen MR) is 75.0 cm³/mol. The summed E-state index contributed by atoms with van der Waals surface area (Å²) < 4.78 is 10.7. The highest BCUT2D eigenvalue weighted by Gasteiger charge is 2.23. The molecule has 0 saturated carbocycles. The highest BCUT2D eigenvalue weighted by Crippen LogP contribution is 2.33. The highest BCUT2D eigenvalue weighted by atomic mass is 16.5. The van der Waals surface area contributed by atoms with Crippen molar-refractivity contribution in [1.82, 2.24) is 0 Å². The second-order valence-corrected chi connectivity index (χ2v) is 4.38. The Hall–Kier alpha value is -2.03. The van der Waals surface area contributed by atoms with Gasteiger partial charge < -0.3 is 9.47 Å². The fourth-order valence-corrected chi connectivity index (χ4v) is 2.18. The molecule has 0 aromatic heterocycles. The van der Waals surface area contributed by atoms with E-state index in [0.29, 0.717) is 6.61 Å². The van der Waals surface area contributed by atoms with Crippen LogP contribution < -0.4 is 4.74 Å². The van der Waals surface area contributed by atoms with E-state index in [1.54, 1.807) is 13.0 Å². The third-order valence-electron chi connectivity index (χ3n) is 3.01. The fraction of sp³-hybridized carbons (Fsp3) is 0.312. The Bertz CT molecular complexity index is 503. The number of hydrogen-bond acceptors (Lipinski definition) is 3. The van der Waals surface area contributed by atoms with Crippen LogP contribution in [0.15, 0.2) is 36.9 Å². The molecule has 19 heavy (non-hydrogen) atoms. The summed E-state index contributed by atoms with van der Waals surface area (Å²) in [6.07, 6.45) is 6.95. The average molecular weight is 258 g/mol. The maximum Gasteiger partial charge on any atom is 0.330 e. The minimum atomic E-state index is -0.318. The number of benzene rings is 1. The Morgan fingerprint density at radius 2 is 2.42 bits per heavy atom. The maximum atomic E-state index is 11.3. The lowest BCUT2D eigenvalue weighted by Crippen LogP contribution is -2.10. The van der Waals surface area contributed by atoms with Gasteiger partial charge >= 0.3 is 5.97 Å². The van der Waals surface area contributed by atoms with Crippen LogP contribution in [0.5, 0.6) is 5.75 Å². The van der Waals surface area contributed by atoms with Gasteiger partial charge in [-0.25, -0.2) is 4.79 Å². The number of fused-ring (bicyclic) bond motifs is 1. The van der Waals surface area contributed by atoms with Crippen molar-refractivity contribution in [2.45, 2.75) is 25.9 Å². The molecule has 0 unspecified atom stereocenters. The SMILES string of the molecule is C=CC[C@@H]1Cc2c(/C=C/C(=O)OCC)cccc2O1. The summed E-state index contributed by atoms with van der Waals surface area (Å²) in [5.74, 6) is 0.583. The average Bonchev–Trinajstić information content (AvgIpc) is 2.80. The molecule has 1 heterocycles. The van der Waals surface area contributed by atoms with Gasteiger partial charge in [0.15, 0.2) is 0 Å². The molecule has 0 fully saturated rings. The lowest BCUT2D eigenvalue weighted by molar-refractivity contribution is -0.137. The molecule has 1 aliphatic rings. The van der Waals surface area contributed by atoms with Gasteiger partial charge in [0, 0.05) is 24.5 Å². The normalized spacial score (nSPS) is 17.0. The molecule has 1 atom stereocenters. The number of carbonyl (C=O) groups is 1. The van der Waals surface area contributed by atoms with E-state index in [-0.39, 0.29) is 12.1 Å². The first kappa shape index (κ1) is 13.4. The van der Waals surface area contributed by atoms with Crippen LogP contribution in [0.4, 0.5) is 0 Å². The molecule has 1 aromatic rings. The second kappa shape index (κ2) is 6.23. The molecule has 0 aliphatic carbocycles. The van der Waals surface area contributed by atoms with E-state index < -0.39 is 0 Å². The minimum absolute atomic E-state index is 0.157. The second-order valence-electron chi connectivity index (χ2n) is 4.38. The zero-order valence-electron chi connectivity index (χ0n) is 11.1. The molecular formula is C16H18O3. The summed E-state index contributed by atoms with van der Waals surface area (Å²) in [5.41, 5.74) is 2.16. The Balaban J connectivity index is 2.14. The maximum absolute atomic E-state index is 11.3. The molecule has 0 saturated heterocycles. The molecule has 1 aromatic carbocycles. The van der Waals surface area contributed by atoms with Crippen LogP contribution in [0.25, 0.3) is 6.08 Å². The van der Waals surface area contributed by atoms with Crippen molar-refractivity contribution in [2.75, 3.05) is 6.61 Å². The van der Waals surface area contributed by atoms with Crippen molar-refractivity contribution in [1.29, 1.82) is 0 Å². The summed E-state index contributed by atoms with van der Waals surface area (Å²) in [6.45, 7) is 5.92. The van der Waals surface area contributed by atoms with Crippen molar-refractivity contribution in [3.8, 4) is 5.75 Å². The number of hydrogen-bond donors (Lipinski definition) is 0. The van der Waals surface area contributed by atoms with Crippen LogP contribution in [-0.4, -0.2) is 18.7 Å². The first-order chi connectivity index (χ1) is 9.24. The third-order valence-corrected chi connectivity index (χ3v) is 3.01. The summed E-state index contributed by atoms with van der Waals surface area (Å²) in [4.78, 5) is 11.3. The Kier molecular flexibility index (Phi) is 4.39. The van der Waals surface area contributed by atoms with Gasteiger partial charge in [-0.3, -0.25) is 0 Å². The van der Waals surface area contributed by atoms with E-state index >= 15 is 0 Å². The zero-order valence-corrected chi connectivity index (χ0v) is 11.1. The Labute approximate surface area is 113 Å². The summed E-state index contributed by atoms with van der Waals surface area (Å²) in [6, 6.07) is 5.87. The van der Waals surface area contributed by atoms with E-state index in [0.717, 1.165) is 29.7 Å². The molecule has 0 spiro atoms. The smallest absolute Gasteiger partial charge is 0.330 e. The molecule has 3 nitrogen and oxygen atoms in total. The topological polar surface area (TPSA) is 35.5 Å². The molecule has 100 valence electrons. The van der Waals surface area contributed by atoms with E-state index in [4.69, 9.17) is 9.47 Å². The lowest BCUT2D eigenvalue weighted by atomic mass is 10.0. The molecular weight excluding hydrogens is 240 g/mol. The zero-order chi connectivity index (χ0) is 13.7. The number of ether oxygens (including phenoxy) is 2.